The zero-order chi connectivity index (χ0) is 22.8. The van der Waals surface area contributed by atoms with Crippen molar-refractivity contribution in [2.45, 2.75) is 51.1 Å². The van der Waals surface area contributed by atoms with Gasteiger partial charge in [-0.3, -0.25) is 9.62 Å². The number of likely N-dealkylation sites (tertiary alicyclic amines) is 1. The third kappa shape index (κ3) is 6.68. The van der Waals surface area contributed by atoms with Crippen molar-refractivity contribution in [1.29, 1.82) is 0 Å². The first kappa shape index (κ1) is 26.6. The van der Waals surface area contributed by atoms with Gasteiger partial charge in [0.1, 0.15) is 0 Å². The van der Waals surface area contributed by atoms with Gasteiger partial charge in [-0.15, -0.1) is 12.4 Å². The molecule has 7 nitrogen and oxygen atoms in total. The highest BCUT2D eigenvalue weighted by molar-refractivity contribution is 7.92. The van der Waals surface area contributed by atoms with Gasteiger partial charge in [0.05, 0.1) is 16.8 Å². The van der Waals surface area contributed by atoms with E-state index in [9.17, 15) is 16.8 Å². The number of piperidine rings is 1. The maximum atomic E-state index is 13.2. The number of benzene rings is 2. The zero-order valence-electron chi connectivity index (χ0n) is 18.9. The van der Waals surface area contributed by atoms with Crippen LogP contribution in [0, 0.1) is 20.8 Å². The first-order valence-corrected chi connectivity index (χ1v) is 13.7. The number of hydrogen-bond donors (Lipinski definition) is 2. The monoisotopic (exact) mass is 501 g/mol. The predicted octanol–water partition coefficient (Wildman–Crippen LogP) is 3.35. The molecule has 1 heterocycles. The lowest BCUT2D eigenvalue weighted by Gasteiger charge is -2.32. The fraction of sp³-hybridized carbons (Fsp3) is 0.455. The summed E-state index contributed by atoms with van der Waals surface area (Å²) in [5.74, 6) is 0. The molecule has 2 N–H and O–H groups in total. The Labute approximate surface area is 198 Å². The summed E-state index contributed by atoms with van der Waals surface area (Å²) in [6.07, 6.45) is 2.51. The molecule has 0 aliphatic carbocycles. The van der Waals surface area contributed by atoms with Crippen molar-refractivity contribution in [3.63, 3.8) is 0 Å². The molecule has 0 radical (unpaired) electrons. The molecule has 1 aliphatic heterocycles. The zero-order valence-corrected chi connectivity index (χ0v) is 21.3. The van der Waals surface area contributed by atoms with E-state index in [1.54, 1.807) is 26.8 Å². The summed E-state index contributed by atoms with van der Waals surface area (Å²) in [6.45, 7) is 7.63. The molecule has 2 aromatic rings. The van der Waals surface area contributed by atoms with Crippen LogP contribution in [-0.2, 0) is 26.6 Å². The summed E-state index contributed by atoms with van der Waals surface area (Å²) in [6, 6.07) is 11.8. The largest absolute Gasteiger partial charge is 0.299 e. The van der Waals surface area contributed by atoms with E-state index in [1.807, 2.05) is 18.2 Å². The van der Waals surface area contributed by atoms with Crippen LogP contribution in [0.4, 0.5) is 5.69 Å². The molecule has 0 aromatic heterocycles. The highest BCUT2D eigenvalue weighted by Gasteiger charge is 2.28. The van der Waals surface area contributed by atoms with E-state index in [0.717, 1.165) is 38.7 Å². The van der Waals surface area contributed by atoms with Crippen molar-refractivity contribution < 1.29 is 16.8 Å². The Kier molecular flexibility index (Phi) is 8.75. The number of anilines is 1. The summed E-state index contributed by atoms with van der Waals surface area (Å²) in [4.78, 5) is 2.48. The third-order valence-electron chi connectivity index (χ3n) is 5.62. The normalized spacial score (nSPS) is 15.9. The second kappa shape index (κ2) is 10.5. The molecule has 2 aromatic carbocycles. The standard InChI is InChI=1S/C22H31N3O4S2.ClH/c1-16-14-17(2)22(18(3)21(16)24-30(4,26)27)31(28,29)23-20-10-12-25(13-11-20)15-19-8-6-5-7-9-19;/h5-9,14,20,23-24H,10-13,15H2,1-4H3;1H. The van der Waals surface area contributed by atoms with E-state index in [4.69, 9.17) is 0 Å². The third-order valence-corrected chi connectivity index (χ3v) is 8.00. The molecule has 1 saturated heterocycles. The van der Waals surface area contributed by atoms with Crippen molar-refractivity contribution in [3.8, 4) is 0 Å². The molecule has 32 heavy (non-hydrogen) atoms. The van der Waals surface area contributed by atoms with E-state index in [0.29, 0.717) is 22.4 Å². The number of nitrogens with one attached hydrogen (secondary N) is 2. The van der Waals surface area contributed by atoms with Gasteiger partial charge in [-0.25, -0.2) is 21.6 Å². The number of sulfonamides is 2. The minimum Gasteiger partial charge on any atom is -0.299 e. The number of hydrogen-bond acceptors (Lipinski definition) is 5. The van der Waals surface area contributed by atoms with E-state index in [-0.39, 0.29) is 23.3 Å². The first-order valence-electron chi connectivity index (χ1n) is 10.3. The summed E-state index contributed by atoms with van der Waals surface area (Å²) in [5, 5.41) is 0. The van der Waals surface area contributed by atoms with Gasteiger partial charge in [0, 0.05) is 25.7 Å². The van der Waals surface area contributed by atoms with Crippen LogP contribution < -0.4 is 9.44 Å². The molecular weight excluding hydrogens is 470 g/mol. The Hall–Kier alpha value is -1.65. The fourth-order valence-electron chi connectivity index (χ4n) is 4.25. The van der Waals surface area contributed by atoms with Crippen molar-refractivity contribution in [1.82, 2.24) is 9.62 Å². The smallest absolute Gasteiger partial charge is 0.241 e. The van der Waals surface area contributed by atoms with Gasteiger partial charge in [0.15, 0.2) is 0 Å². The van der Waals surface area contributed by atoms with E-state index in [1.165, 1.54) is 5.56 Å². The maximum Gasteiger partial charge on any atom is 0.241 e. The highest BCUT2D eigenvalue weighted by Crippen LogP contribution is 2.31. The Morgan fingerprint density at radius 1 is 0.969 bits per heavy atom. The summed E-state index contributed by atoms with van der Waals surface area (Å²) >= 11 is 0. The van der Waals surface area contributed by atoms with Gasteiger partial charge in [0.2, 0.25) is 20.0 Å². The van der Waals surface area contributed by atoms with Crippen molar-refractivity contribution in [2.24, 2.45) is 0 Å². The van der Waals surface area contributed by atoms with Crippen molar-refractivity contribution in [3.05, 3.63) is 58.7 Å². The number of halogens is 1. The summed E-state index contributed by atoms with van der Waals surface area (Å²) in [7, 11) is -7.32. The molecular formula is C22H32ClN3O4S2. The Bertz CT molecular complexity index is 1150. The molecule has 1 aliphatic rings. The van der Waals surface area contributed by atoms with Crippen LogP contribution in [0.2, 0.25) is 0 Å². The molecule has 10 heteroatoms. The molecule has 1 fully saturated rings. The molecule has 0 atom stereocenters. The van der Waals surface area contributed by atoms with Gasteiger partial charge < -0.3 is 0 Å². The minimum atomic E-state index is -3.80. The van der Waals surface area contributed by atoms with E-state index < -0.39 is 20.0 Å². The van der Waals surface area contributed by atoms with Gasteiger partial charge in [-0.2, -0.15) is 0 Å². The van der Waals surface area contributed by atoms with Crippen LogP contribution in [-0.4, -0.2) is 47.1 Å². The molecule has 0 amide bonds. The molecule has 0 unspecified atom stereocenters. The second-order valence-electron chi connectivity index (χ2n) is 8.37. The number of nitrogens with zero attached hydrogens (tertiary/aromatic N) is 1. The highest BCUT2D eigenvalue weighted by atomic mass is 35.5. The Balaban J connectivity index is 0.00000363. The van der Waals surface area contributed by atoms with Crippen molar-refractivity contribution in [2.75, 3.05) is 24.1 Å². The SMILES string of the molecule is Cc1cc(C)c(S(=O)(=O)NC2CCN(Cc3ccccc3)CC2)c(C)c1NS(C)(=O)=O.Cl. The van der Waals surface area contributed by atoms with Crippen LogP contribution >= 0.6 is 12.4 Å². The fourth-order valence-corrected chi connectivity index (χ4v) is 6.72. The van der Waals surface area contributed by atoms with Crippen LogP contribution in [0.1, 0.15) is 35.1 Å². The lowest BCUT2D eigenvalue weighted by Crippen LogP contribution is -2.44. The van der Waals surface area contributed by atoms with E-state index in [2.05, 4.69) is 26.5 Å². The van der Waals surface area contributed by atoms with Gasteiger partial charge in [0.25, 0.3) is 0 Å². The summed E-state index contributed by atoms with van der Waals surface area (Å²) in [5.41, 5.74) is 3.28. The quantitative estimate of drug-likeness (QED) is 0.606. The molecule has 0 saturated carbocycles. The molecule has 178 valence electrons. The second-order valence-corrected chi connectivity index (χ2v) is 11.8. The Morgan fingerprint density at radius 3 is 2.12 bits per heavy atom. The van der Waals surface area contributed by atoms with Crippen LogP contribution in [0.3, 0.4) is 0 Å². The number of aryl methyl sites for hydroxylation is 2. The predicted molar refractivity (Wildman–Crippen MR) is 131 cm³/mol. The summed E-state index contributed by atoms with van der Waals surface area (Å²) < 4.78 is 55.3. The number of rotatable bonds is 7. The Morgan fingerprint density at radius 2 is 1.56 bits per heavy atom. The topological polar surface area (TPSA) is 95.6 Å². The van der Waals surface area contributed by atoms with Crippen molar-refractivity contribution >= 4 is 38.1 Å². The molecule has 3 rings (SSSR count). The average Bonchev–Trinajstić information content (AvgIpc) is 2.66. The lowest BCUT2D eigenvalue weighted by molar-refractivity contribution is 0.200. The van der Waals surface area contributed by atoms with E-state index >= 15 is 0 Å². The van der Waals surface area contributed by atoms with Gasteiger partial charge in [-0.05, 0) is 55.9 Å². The molecule has 0 bridgehead atoms. The maximum absolute atomic E-state index is 13.2. The van der Waals surface area contributed by atoms with Crippen LogP contribution in [0.25, 0.3) is 0 Å². The van der Waals surface area contributed by atoms with Gasteiger partial charge in [-0.1, -0.05) is 36.4 Å². The first-order chi connectivity index (χ1) is 14.5. The van der Waals surface area contributed by atoms with Crippen LogP contribution in [0.15, 0.2) is 41.3 Å². The minimum absolute atomic E-state index is 0. The van der Waals surface area contributed by atoms with Crippen LogP contribution in [0.5, 0.6) is 0 Å². The van der Waals surface area contributed by atoms with Gasteiger partial charge >= 0.3 is 0 Å². The average molecular weight is 502 g/mol. The lowest BCUT2D eigenvalue weighted by atomic mass is 10.1. The molecule has 0 spiro atoms.